The van der Waals surface area contributed by atoms with Crippen molar-refractivity contribution in [3.05, 3.63) is 47.7 Å². The minimum Gasteiger partial charge on any atom is -0.366 e. The quantitative estimate of drug-likeness (QED) is 0.913. The molecule has 5 nitrogen and oxygen atoms in total. The first-order valence-electron chi connectivity index (χ1n) is 8.83. The second-order valence-corrected chi connectivity index (χ2v) is 6.96. The largest absolute Gasteiger partial charge is 0.366 e. The maximum Gasteiger partial charge on any atom is 0.130 e. The molecule has 5 heteroatoms. The summed E-state index contributed by atoms with van der Waals surface area (Å²) in [6.45, 7) is 9.45. The van der Waals surface area contributed by atoms with Crippen molar-refractivity contribution in [2.75, 3.05) is 18.4 Å². The summed E-state index contributed by atoms with van der Waals surface area (Å²) in [4.78, 5) is 15.8. The molecular weight excluding hydrogens is 298 g/mol. The summed E-state index contributed by atoms with van der Waals surface area (Å²) < 4.78 is 0. The van der Waals surface area contributed by atoms with Gasteiger partial charge >= 0.3 is 0 Å². The van der Waals surface area contributed by atoms with Crippen molar-refractivity contribution in [3.8, 4) is 0 Å². The standard InChI is InChI=1S/C19H27N5/c1-14(2)18-10-19(22-15(3)21-18)23-17-7-5-9-24(13-17)12-16-6-4-8-20-11-16/h4,6,8,10-11,14,17H,5,7,9,12-13H2,1-3H3,(H,21,22,23)/t17-/m0/s1. The van der Waals surface area contributed by atoms with Crippen LogP contribution in [0, 0.1) is 6.92 Å². The Labute approximate surface area is 144 Å². The molecule has 1 aliphatic heterocycles. The molecule has 3 heterocycles. The van der Waals surface area contributed by atoms with Crippen LogP contribution in [0.5, 0.6) is 0 Å². The minimum atomic E-state index is 0.417. The third kappa shape index (κ3) is 4.51. The monoisotopic (exact) mass is 325 g/mol. The number of nitrogens with zero attached hydrogens (tertiary/aromatic N) is 4. The Morgan fingerprint density at radius 3 is 2.96 bits per heavy atom. The Bertz CT molecular complexity index is 656. The van der Waals surface area contributed by atoms with Gasteiger partial charge in [0, 0.05) is 43.3 Å². The van der Waals surface area contributed by atoms with E-state index in [1.54, 1.807) is 0 Å². The van der Waals surface area contributed by atoms with Crippen LogP contribution in [-0.4, -0.2) is 39.0 Å². The zero-order chi connectivity index (χ0) is 16.9. The number of nitrogens with one attached hydrogen (secondary N) is 1. The third-order valence-electron chi connectivity index (χ3n) is 4.44. The Hall–Kier alpha value is -2.01. The lowest BCUT2D eigenvalue weighted by molar-refractivity contribution is 0.208. The van der Waals surface area contributed by atoms with Crippen LogP contribution in [0.4, 0.5) is 5.82 Å². The highest BCUT2D eigenvalue weighted by atomic mass is 15.2. The highest BCUT2D eigenvalue weighted by molar-refractivity contribution is 5.38. The van der Waals surface area contributed by atoms with Crippen molar-refractivity contribution in [3.63, 3.8) is 0 Å². The number of likely N-dealkylation sites (tertiary alicyclic amines) is 1. The van der Waals surface area contributed by atoms with Gasteiger partial charge in [-0.2, -0.15) is 0 Å². The summed E-state index contributed by atoms with van der Waals surface area (Å²) in [5.41, 5.74) is 2.38. The van der Waals surface area contributed by atoms with Crippen molar-refractivity contribution >= 4 is 5.82 Å². The summed E-state index contributed by atoms with van der Waals surface area (Å²) >= 11 is 0. The second-order valence-electron chi connectivity index (χ2n) is 6.96. The average Bonchev–Trinajstić information content (AvgIpc) is 2.55. The molecule has 1 saturated heterocycles. The number of aromatic nitrogens is 3. The van der Waals surface area contributed by atoms with Crippen LogP contribution in [0.2, 0.25) is 0 Å². The van der Waals surface area contributed by atoms with Gasteiger partial charge in [-0.05, 0) is 43.9 Å². The molecule has 0 aliphatic carbocycles. The van der Waals surface area contributed by atoms with Crippen LogP contribution in [0.25, 0.3) is 0 Å². The molecule has 1 atom stereocenters. The lowest BCUT2D eigenvalue weighted by atomic mass is 10.0. The molecule has 3 rings (SSSR count). The van der Waals surface area contributed by atoms with Gasteiger partial charge in [0.05, 0.1) is 0 Å². The van der Waals surface area contributed by atoms with Gasteiger partial charge in [-0.15, -0.1) is 0 Å². The predicted octanol–water partition coefficient (Wildman–Crippen LogP) is 3.38. The van der Waals surface area contributed by atoms with Gasteiger partial charge in [0.15, 0.2) is 0 Å². The predicted molar refractivity (Wildman–Crippen MR) is 97.0 cm³/mol. The van der Waals surface area contributed by atoms with Crippen LogP contribution in [0.3, 0.4) is 0 Å². The zero-order valence-electron chi connectivity index (χ0n) is 14.9. The summed E-state index contributed by atoms with van der Waals surface area (Å²) in [6, 6.07) is 6.68. The molecule has 24 heavy (non-hydrogen) atoms. The number of pyridine rings is 1. The smallest absolute Gasteiger partial charge is 0.130 e. The fraction of sp³-hybridized carbons (Fsp3) is 0.526. The summed E-state index contributed by atoms with van der Waals surface area (Å²) in [6.07, 6.45) is 6.18. The first-order valence-corrected chi connectivity index (χ1v) is 8.83. The highest BCUT2D eigenvalue weighted by Gasteiger charge is 2.20. The fourth-order valence-corrected chi connectivity index (χ4v) is 3.24. The molecule has 0 amide bonds. The van der Waals surface area contributed by atoms with Gasteiger partial charge in [0.25, 0.3) is 0 Å². The Kier molecular flexibility index (Phi) is 5.41. The van der Waals surface area contributed by atoms with E-state index in [9.17, 15) is 0 Å². The zero-order valence-corrected chi connectivity index (χ0v) is 14.9. The van der Waals surface area contributed by atoms with Crippen molar-refractivity contribution < 1.29 is 0 Å². The van der Waals surface area contributed by atoms with Gasteiger partial charge in [0.1, 0.15) is 11.6 Å². The first-order chi connectivity index (χ1) is 11.6. The lowest BCUT2D eigenvalue weighted by Crippen LogP contribution is -2.41. The number of piperidine rings is 1. The Balaban J connectivity index is 1.63. The molecule has 0 spiro atoms. The summed E-state index contributed by atoms with van der Waals surface area (Å²) in [5.74, 6) is 2.21. The number of hydrogen-bond donors (Lipinski definition) is 1. The van der Waals surface area contributed by atoms with E-state index in [1.165, 1.54) is 18.4 Å². The maximum atomic E-state index is 4.57. The van der Waals surface area contributed by atoms with E-state index in [4.69, 9.17) is 0 Å². The molecule has 0 radical (unpaired) electrons. The highest BCUT2D eigenvalue weighted by Crippen LogP contribution is 2.19. The summed E-state index contributed by atoms with van der Waals surface area (Å²) in [5, 5.41) is 3.62. The topological polar surface area (TPSA) is 53.9 Å². The first kappa shape index (κ1) is 16.8. The molecule has 128 valence electrons. The average molecular weight is 325 g/mol. The van der Waals surface area contributed by atoms with Crippen LogP contribution in [0.15, 0.2) is 30.6 Å². The van der Waals surface area contributed by atoms with E-state index in [0.717, 1.165) is 37.0 Å². The number of anilines is 1. The van der Waals surface area contributed by atoms with Crippen LogP contribution < -0.4 is 5.32 Å². The molecule has 0 bridgehead atoms. The summed E-state index contributed by atoms with van der Waals surface area (Å²) in [7, 11) is 0. The molecule has 2 aromatic rings. The van der Waals surface area contributed by atoms with E-state index in [2.05, 4.69) is 51.1 Å². The van der Waals surface area contributed by atoms with E-state index < -0.39 is 0 Å². The molecule has 0 saturated carbocycles. The van der Waals surface area contributed by atoms with Gasteiger partial charge < -0.3 is 5.32 Å². The number of rotatable bonds is 5. The number of hydrogen-bond acceptors (Lipinski definition) is 5. The van der Waals surface area contributed by atoms with E-state index in [-0.39, 0.29) is 0 Å². The van der Waals surface area contributed by atoms with E-state index in [1.807, 2.05) is 25.4 Å². The SMILES string of the molecule is Cc1nc(N[C@H]2CCCN(Cc3cccnc3)C2)cc(C(C)C)n1. The molecular formula is C19H27N5. The lowest BCUT2D eigenvalue weighted by Gasteiger charge is -2.33. The van der Waals surface area contributed by atoms with Crippen molar-refractivity contribution in [2.24, 2.45) is 0 Å². The third-order valence-corrected chi connectivity index (χ3v) is 4.44. The normalized spacial score (nSPS) is 18.8. The molecule has 1 fully saturated rings. The van der Waals surface area contributed by atoms with Gasteiger partial charge in [0.2, 0.25) is 0 Å². The van der Waals surface area contributed by atoms with Crippen LogP contribution >= 0.6 is 0 Å². The number of aryl methyl sites for hydroxylation is 1. The van der Waals surface area contributed by atoms with Crippen molar-refractivity contribution in [1.82, 2.24) is 19.9 Å². The van der Waals surface area contributed by atoms with E-state index in [0.29, 0.717) is 12.0 Å². The van der Waals surface area contributed by atoms with E-state index >= 15 is 0 Å². The van der Waals surface area contributed by atoms with Gasteiger partial charge in [-0.25, -0.2) is 9.97 Å². The Morgan fingerprint density at radius 1 is 1.33 bits per heavy atom. The van der Waals surface area contributed by atoms with Crippen molar-refractivity contribution in [2.45, 2.75) is 52.1 Å². The van der Waals surface area contributed by atoms with Crippen LogP contribution in [-0.2, 0) is 6.54 Å². The van der Waals surface area contributed by atoms with Crippen LogP contribution in [0.1, 0.15) is 49.7 Å². The molecule has 2 aromatic heterocycles. The molecule has 1 N–H and O–H groups in total. The molecule has 0 aromatic carbocycles. The maximum absolute atomic E-state index is 4.57. The van der Waals surface area contributed by atoms with Gasteiger partial charge in [-0.1, -0.05) is 19.9 Å². The fourth-order valence-electron chi connectivity index (χ4n) is 3.24. The van der Waals surface area contributed by atoms with Gasteiger partial charge in [-0.3, -0.25) is 9.88 Å². The molecule has 1 aliphatic rings. The second kappa shape index (κ2) is 7.71. The Morgan fingerprint density at radius 2 is 2.21 bits per heavy atom. The van der Waals surface area contributed by atoms with Crippen molar-refractivity contribution in [1.29, 1.82) is 0 Å². The molecule has 0 unspecified atom stereocenters. The minimum absolute atomic E-state index is 0.417.